The second-order valence-corrected chi connectivity index (χ2v) is 7.34. The van der Waals surface area contributed by atoms with E-state index >= 15 is 0 Å². The molecule has 2 N–H and O–H groups in total. The maximum Gasteiger partial charge on any atom is 0.352 e. The lowest BCUT2D eigenvalue weighted by molar-refractivity contribution is 0.0689. The van der Waals surface area contributed by atoms with Crippen LogP contribution in [-0.4, -0.2) is 37.6 Å². The van der Waals surface area contributed by atoms with Gasteiger partial charge in [0.05, 0.1) is 6.54 Å². The van der Waals surface area contributed by atoms with Crippen LogP contribution in [0.25, 0.3) is 10.9 Å². The van der Waals surface area contributed by atoms with Gasteiger partial charge in [-0.3, -0.25) is 4.90 Å². The van der Waals surface area contributed by atoms with Gasteiger partial charge in [-0.05, 0) is 31.5 Å². The number of aromatic amines is 1. The first-order valence-corrected chi connectivity index (χ1v) is 9.25. The van der Waals surface area contributed by atoms with Gasteiger partial charge in [0.2, 0.25) is 5.89 Å². The van der Waals surface area contributed by atoms with E-state index in [1.165, 1.54) is 0 Å². The van der Waals surface area contributed by atoms with Crippen molar-refractivity contribution in [1.82, 2.24) is 20.0 Å². The second kappa shape index (κ2) is 7.92. The number of H-pyrrole nitrogens is 1. The molecule has 2 aromatic heterocycles. The summed E-state index contributed by atoms with van der Waals surface area (Å²) in [5, 5.41) is 14.6. The summed E-state index contributed by atoms with van der Waals surface area (Å²) in [6, 6.07) is 5.92. The number of aromatic nitrogens is 3. The van der Waals surface area contributed by atoms with Crippen LogP contribution in [0.1, 0.15) is 54.1 Å². The van der Waals surface area contributed by atoms with Crippen LogP contribution in [0.3, 0.4) is 0 Å². The van der Waals surface area contributed by atoms with Crippen LogP contribution in [-0.2, 0) is 19.5 Å². The Kier molecular flexibility index (Phi) is 5.60. The maximum absolute atomic E-state index is 11.7. The standard InChI is InChI=1S/C20H26N4O3/c1-5-24(11-17-22-18(27-23-17)8-12(2)3)10-15-14-9-13(4)6-7-16(14)21-19(15)20(25)26/h6-7,9,12,21H,5,8,10-11H2,1-4H3,(H,25,26). The van der Waals surface area contributed by atoms with Crippen LogP contribution >= 0.6 is 0 Å². The lowest BCUT2D eigenvalue weighted by atomic mass is 10.1. The third-order valence-electron chi connectivity index (χ3n) is 4.56. The predicted octanol–water partition coefficient (Wildman–Crippen LogP) is 3.78. The van der Waals surface area contributed by atoms with E-state index in [2.05, 4.69) is 33.9 Å². The van der Waals surface area contributed by atoms with E-state index in [9.17, 15) is 9.90 Å². The zero-order valence-electron chi connectivity index (χ0n) is 16.2. The van der Waals surface area contributed by atoms with Gasteiger partial charge in [-0.25, -0.2) is 4.79 Å². The number of carboxylic acids is 1. The minimum atomic E-state index is -0.950. The first kappa shape index (κ1) is 19.1. The molecule has 3 rings (SSSR count). The number of rotatable bonds is 8. The minimum absolute atomic E-state index is 0.239. The van der Waals surface area contributed by atoms with Crippen molar-refractivity contribution in [3.05, 3.63) is 46.7 Å². The SMILES string of the molecule is CCN(Cc1noc(CC(C)C)n1)Cc1c(C(=O)O)[nH]c2ccc(C)cc12. The van der Waals surface area contributed by atoms with Gasteiger partial charge in [-0.15, -0.1) is 0 Å². The van der Waals surface area contributed by atoms with Crippen molar-refractivity contribution in [1.29, 1.82) is 0 Å². The van der Waals surface area contributed by atoms with Crippen LogP contribution in [0.2, 0.25) is 0 Å². The molecule has 7 nitrogen and oxygen atoms in total. The first-order chi connectivity index (χ1) is 12.9. The number of benzene rings is 1. The summed E-state index contributed by atoms with van der Waals surface area (Å²) in [7, 11) is 0. The largest absolute Gasteiger partial charge is 0.477 e. The number of aryl methyl sites for hydroxylation is 1. The molecule has 0 aliphatic carbocycles. The van der Waals surface area contributed by atoms with Crippen LogP contribution in [0.15, 0.2) is 22.7 Å². The van der Waals surface area contributed by atoms with Crippen molar-refractivity contribution in [3.63, 3.8) is 0 Å². The lowest BCUT2D eigenvalue weighted by Gasteiger charge is -2.18. The topological polar surface area (TPSA) is 95.2 Å². The fourth-order valence-corrected chi connectivity index (χ4v) is 3.20. The monoisotopic (exact) mass is 370 g/mol. The fourth-order valence-electron chi connectivity index (χ4n) is 3.20. The van der Waals surface area contributed by atoms with Gasteiger partial charge in [0.1, 0.15) is 5.69 Å². The Morgan fingerprint density at radius 3 is 2.78 bits per heavy atom. The summed E-state index contributed by atoms with van der Waals surface area (Å²) in [4.78, 5) is 21.3. The highest BCUT2D eigenvalue weighted by molar-refractivity contribution is 5.97. The molecule has 0 aliphatic rings. The maximum atomic E-state index is 11.7. The number of nitrogens with one attached hydrogen (secondary N) is 1. The minimum Gasteiger partial charge on any atom is -0.477 e. The normalized spacial score (nSPS) is 11.8. The van der Waals surface area contributed by atoms with Crippen LogP contribution in [0.5, 0.6) is 0 Å². The Morgan fingerprint density at radius 2 is 2.11 bits per heavy atom. The second-order valence-electron chi connectivity index (χ2n) is 7.34. The Hall–Kier alpha value is -2.67. The molecule has 0 radical (unpaired) electrons. The molecule has 7 heteroatoms. The van der Waals surface area contributed by atoms with E-state index in [0.29, 0.717) is 30.7 Å². The fraction of sp³-hybridized carbons (Fsp3) is 0.450. The van der Waals surface area contributed by atoms with Crippen LogP contribution in [0.4, 0.5) is 0 Å². The molecule has 27 heavy (non-hydrogen) atoms. The van der Waals surface area contributed by atoms with E-state index < -0.39 is 5.97 Å². The number of carbonyl (C=O) groups is 1. The molecular weight excluding hydrogens is 344 g/mol. The van der Waals surface area contributed by atoms with Crippen LogP contribution in [0, 0.1) is 12.8 Å². The first-order valence-electron chi connectivity index (χ1n) is 9.25. The molecule has 0 bridgehead atoms. The van der Waals surface area contributed by atoms with E-state index in [4.69, 9.17) is 4.52 Å². The van der Waals surface area contributed by atoms with Crippen molar-refractivity contribution in [2.45, 2.75) is 47.2 Å². The van der Waals surface area contributed by atoms with E-state index in [1.54, 1.807) is 0 Å². The highest BCUT2D eigenvalue weighted by atomic mass is 16.5. The van der Waals surface area contributed by atoms with Gasteiger partial charge in [-0.1, -0.05) is 37.6 Å². The van der Waals surface area contributed by atoms with Crippen molar-refractivity contribution in [3.8, 4) is 0 Å². The number of carboxylic acid groups (broad SMARTS) is 1. The molecular formula is C20H26N4O3. The van der Waals surface area contributed by atoms with Gasteiger partial charge in [-0.2, -0.15) is 4.98 Å². The lowest BCUT2D eigenvalue weighted by Crippen LogP contribution is -2.24. The highest BCUT2D eigenvalue weighted by Crippen LogP contribution is 2.26. The van der Waals surface area contributed by atoms with Crippen LogP contribution < -0.4 is 0 Å². The van der Waals surface area contributed by atoms with Crippen molar-refractivity contribution >= 4 is 16.9 Å². The molecule has 0 unspecified atom stereocenters. The highest BCUT2D eigenvalue weighted by Gasteiger charge is 2.20. The molecule has 144 valence electrons. The summed E-state index contributed by atoms with van der Waals surface area (Å²) in [5.41, 5.74) is 2.96. The number of nitrogens with zero attached hydrogens (tertiary/aromatic N) is 3. The third-order valence-corrected chi connectivity index (χ3v) is 4.56. The molecule has 0 aliphatic heterocycles. The number of aromatic carboxylic acids is 1. The van der Waals surface area contributed by atoms with Crippen molar-refractivity contribution in [2.24, 2.45) is 5.92 Å². The average Bonchev–Trinajstić information content (AvgIpc) is 3.18. The predicted molar refractivity (Wildman–Crippen MR) is 103 cm³/mol. The zero-order valence-corrected chi connectivity index (χ0v) is 16.2. The van der Waals surface area contributed by atoms with E-state index in [0.717, 1.165) is 35.0 Å². The van der Waals surface area contributed by atoms with Gasteiger partial charge < -0.3 is 14.6 Å². The number of fused-ring (bicyclic) bond motifs is 1. The Labute approximate surface area is 158 Å². The van der Waals surface area contributed by atoms with Gasteiger partial charge in [0.25, 0.3) is 0 Å². The average molecular weight is 370 g/mol. The Balaban J connectivity index is 1.85. The molecule has 0 saturated heterocycles. The zero-order chi connectivity index (χ0) is 19.6. The quantitative estimate of drug-likeness (QED) is 0.626. The van der Waals surface area contributed by atoms with Gasteiger partial charge >= 0.3 is 5.97 Å². The summed E-state index contributed by atoms with van der Waals surface area (Å²) in [6.45, 7) is 10.00. The van der Waals surface area contributed by atoms with E-state index in [-0.39, 0.29) is 5.69 Å². The van der Waals surface area contributed by atoms with Crippen molar-refractivity contribution < 1.29 is 14.4 Å². The Bertz CT molecular complexity index is 942. The van der Waals surface area contributed by atoms with Gasteiger partial charge in [0.15, 0.2) is 5.82 Å². The molecule has 0 spiro atoms. The molecule has 2 heterocycles. The van der Waals surface area contributed by atoms with E-state index in [1.807, 2.05) is 32.0 Å². The number of hydrogen-bond acceptors (Lipinski definition) is 5. The summed E-state index contributed by atoms with van der Waals surface area (Å²) in [6.07, 6.45) is 0.754. The van der Waals surface area contributed by atoms with Gasteiger partial charge in [0, 0.05) is 29.4 Å². The molecule has 1 aromatic carbocycles. The third kappa shape index (κ3) is 4.36. The summed E-state index contributed by atoms with van der Waals surface area (Å²) < 4.78 is 5.32. The smallest absolute Gasteiger partial charge is 0.352 e. The molecule has 3 aromatic rings. The molecule has 0 amide bonds. The molecule has 0 saturated carbocycles. The summed E-state index contributed by atoms with van der Waals surface area (Å²) >= 11 is 0. The molecule has 0 fully saturated rings. The Morgan fingerprint density at radius 1 is 1.33 bits per heavy atom. The molecule has 0 atom stereocenters. The number of hydrogen-bond donors (Lipinski definition) is 2. The van der Waals surface area contributed by atoms with Crippen molar-refractivity contribution in [2.75, 3.05) is 6.54 Å². The summed E-state index contributed by atoms with van der Waals surface area (Å²) in [5.74, 6) is 0.771.